The Morgan fingerprint density at radius 1 is 1.44 bits per heavy atom. The molecular formula is C12H20N2O4. The van der Waals surface area contributed by atoms with Gasteiger partial charge in [-0.1, -0.05) is 0 Å². The summed E-state index contributed by atoms with van der Waals surface area (Å²) in [5, 5.41) is 11.3. The fourth-order valence-corrected chi connectivity index (χ4v) is 2.61. The zero-order chi connectivity index (χ0) is 13.0. The number of carboxylic acids is 1. The topological polar surface area (TPSA) is 78.9 Å². The van der Waals surface area contributed by atoms with Gasteiger partial charge in [0, 0.05) is 13.0 Å². The average molecular weight is 256 g/mol. The number of hydrogen-bond acceptors (Lipinski definition) is 4. The number of ether oxygens (including phenoxy) is 1. The lowest BCUT2D eigenvalue weighted by molar-refractivity contribution is -0.137. The molecule has 0 spiro atoms. The van der Waals surface area contributed by atoms with Gasteiger partial charge < -0.3 is 15.2 Å². The van der Waals surface area contributed by atoms with Crippen molar-refractivity contribution in [2.75, 3.05) is 26.2 Å². The lowest BCUT2D eigenvalue weighted by Crippen LogP contribution is -2.40. The summed E-state index contributed by atoms with van der Waals surface area (Å²) in [6, 6.07) is 0. The molecule has 18 heavy (non-hydrogen) atoms. The number of piperidine rings is 1. The highest BCUT2D eigenvalue weighted by Crippen LogP contribution is 2.22. The third kappa shape index (κ3) is 3.87. The second-order valence-corrected chi connectivity index (χ2v) is 5.08. The van der Waals surface area contributed by atoms with E-state index in [1.54, 1.807) is 0 Å². The number of carbonyl (C=O) groups excluding carboxylic acids is 1. The van der Waals surface area contributed by atoms with Crippen LogP contribution in [0.2, 0.25) is 0 Å². The summed E-state index contributed by atoms with van der Waals surface area (Å²) in [5.74, 6) is -0.178. The van der Waals surface area contributed by atoms with Crippen LogP contribution in [0.3, 0.4) is 0 Å². The Bertz CT molecular complexity index is 313. The fraction of sp³-hybridized carbons (Fsp3) is 0.833. The molecule has 0 radical (unpaired) electrons. The van der Waals surface area contributed by atoms with E-state index in [2.05, 4.69) is 10.2 Å². The van der Waals surface area contributed by atoms with E-state index in [-0.39, 0.29) is 18.6 Å². The quantitative estimate of drug-likeness (QED) is 0.756. The van der Waals surface area contributed by atoms with Gasteiger partial charge in [-0.2, -0.15) is 0 Å². The predicted octanol–water partition coefficient (Wildman–Crippen LogP) is 0.672. The van der Waals surface area contributed by atoms with Crippen molar-refractivity contribution in [2.24, 2.45) is 5.92 Å². The van der Waals surface area contributed by atoms with E-state index in [1.807, 2.05) is 0 Å². The number of rotatable bonds is 5. The second kappa shape index (κ2) is 6.04. The van der Waals surface area contributed by atoms with Crippen LogP contribution in [0.5, 0.6) is 0 Å². The molecule has 0 aromatic heterocycles. The second-order valence-electron chi connectivity index (χ2n) is 5.08. The van der Waals surface area contributed by atoms with Crippen LogP contribution in [0, 0.1) is 5.92 Å². The molecule has 6 heteroatoms. The number of carbonyl (C=O) groups is 2. The highest BCUT2D eigenvalue weighted by Gasteiger charge is 2.27. The predicted molar refractivity (Wildman–Crippen MR) is 64.3 cm³/mol. The van der Waals surface area contributed by atoms with Crippen molar-refractivity contribution in [2.45, 2.75) is 31.8 Å². The highest BCUT2D eigenvalue weighted by molar-refractivity contribution is 5.69. The maximum absolute atomic E-state index is 10.9. The van der Waals surface area contributed by atoms with Gasteiger partial charge in [0.2, 0.25) is 0 Å². The van der Waals surface area contributed by atoms with Crippen LogP contribution >= 0.6 is 0 Å². The van der Waals surface area contributed by atoms with Crippen LogP contribution in [0.25, 0.3) is 0 Å². The number of alkyl carbamates (subject to hydrolysis) is 1. The standard InChI is InChI=1S/C12H20N2O4/c15-11(16)2-1-9-3-5-14(6-4-9)8-10-7-13-12(17)18-10/h9-10H,1-8H2,(H,13,17)(H,15,16). The van der Waals surface area contributed by atoms with Crippen LogP contribution in [0.1, 0.15) is 25.7 Å². The zero-order valence-corrected chi connectivity index (χ0v) is 10.4. The van der Waals surface area contributed by atoms with Gasteiger partial charge in [0.1, 0.15) is 6.10 Å². The number of nitrogens with one attached hydrogen (secondary N) is 1. The number of amides is 1. The van der Waals surface area contributed by atoms with Crippen molar-refractivity contribution in [3.8, 4) is 0 Å². The molecule has 2 rings (SSSR count). The SMILES string of the molecule is O=C(O)CCC1CCN(CC2CNC(=O)O2)CC1. The molecule has 1 amide bonds. The van der Waals surface area contributed by atoms with Crippen molar-refractivity contribution in [3.05, 3.63) is 0 Å². The van der Waals surface area contributed by atoms with E-state index < -0.39 is 5.97 Å². The molecule has 2 aliphatic rings. The molecule has 0 saturated carbocycles. The molecule has 0 aromatic carbocycles. The summed E-state index contributed by atoms with van der Waals surface area (Å²) in [6.45, 7) is 3.32. The van der Waals surface area contributed by atoms with Crippen LogP contribution in [-0.4, -0.2) is 54.4 Å². The Labute approximate surface area is 106 Å². The average Bonchev–Trinajstić information content (AvgIpc) is 2.74. The van der Waals surface area contributed by atoms with Crippen molar-refractivity contribution in [1.82, 2.24) is 10.2 Å². The van der Waals surface area contributed by atoms with Crippen molar-refractivity contribution >= 4 is 12.1 Å². The summed E-state index contributed by atoms with van der Waals surface area (Å²) < 4.78 is 5.10. The molecule has 0 aromatic rings. The first-order valence-corrected chi connectivity index (χ1v) is 6.52. The van der Waals surface area contributed by atoms with Gasteiger partial charge in [0.15, 0.2) is 0 Å². The number of cyclic esters (lactones) is 1. The molecule has 2 aliphatic heterocycles. The first-order valence-electron chi connectivity index (χ1n) is 6.52. The number of aliphatic carboxylic acids is 1. The van der Waals surface area contributed by atoms with E-state index in [0.717, 1.165) is 38.9 Å². The third-order valence-corrected chi connectivity index (χ3v) is 3.68. The molecule has 6 nitrogen and oxygen atoms in total. The van der Waals surface area contributed by atoms with Gasteiger partial charge in [-0.05, 0) is 38.3 Å². The van der Waals surface area contributed by atoms with Crippen LogP contribution < -0.4 is 5.32 Å². The summed E-state index contributed by atoms with van der Waals surface area (Å²) in [4.78, 5) is 23.7. The van der Waals surface area contributed by atoms with Gasteiger partial charge in [0.25, 0.3) is 0 Å². The summed E-state index contributed by atoms with van der Waals surface area (Å²) in [7, 11) is 0. The van der Waals surface area contributed by atoms with Gasteiger partial charge in [0.05, 0.1) is 6.54 Å². The minimum atomic E-state index is -0.707. The van der Waals surface area contributed by atoms with Crippen molar-refractivity contribution in [1.29, 1.82) is 0 Å². The smallest absolute Gasteiger partial charge is 0.407 e. The number of carboxylic acid groups (broad SMARTS) is 1. The monoisotopic (exact) mass is 256 g/mol. The Balaban J connectivity index is 1.64. The Morgan fingerprint density at radius 2 is 2.17 bits per heavy atom. The van der Waals surface area contributed by atoms with E-state index in [9.17, 15) is 9.59 Å². The summed E-state index contributed by atoms with van der Waals surface area (Å²) in [6.07, 6.45) is 2.78. The summed E-state index contributed by atoms with van der Waals surface area (Å²) >= 11 is 0. The normalized spacial score (nSPS) is 25.8. The molecular weight excluding hydrogens is 236 g/mol. The minimum Gasteiger partial charge on any atom is -0.481 e. The molecule has 1 atom stereocenters. The first kappa shape index (κ1) is 13.1. The molecule has 1 unspecified atom stereocenters. The van der Waals surface area contributed by atoms with E-state index in [0.29, 0.717) is 12.5 Å². The number of hydrogen-bond donors (Lipinski definition) is 2. The largest absolute Gasteiger partial charge is 0.481 e. The molecule has 0 aliphatic carbocycles. The molecule has 0 bridgehead atoms. The van der Waals surface area contributed by atoms with Crippen molar-refractivity contribution < 1.29 is 19.4 Å². The van der Waals surface area contributed by atoms with E-state index >= 15 is 0 Å². The maximum atomic E-state index is 10.9. The fourth-order valence-electron chi connectivity index (χ4n) is 2.61. The van der Waals surface area contributed by atoms with Gasteiger partial charge in [-0.15, -0.1) is 0 Å². The van der Waals surface area contributed by atoms with Crippen LogP contribution in [-0.2, 0) is 9.53 Å². The van der Waals surface area contributed by atoms with Gasteiger partial charge >= 0.3 is 12.1 Å². The van der Waals surface area contributed by atoms with Gasteiger partial charge in [-0.25, -0.2) is 4.79 Å². The lowest BCUT2D eigenvalue weighted by atomic mass is 9.92. The Kier molecular flexibility index (Phi) is 4.41. The maximum Gasteiger partial charge on any atom is 0.407 e. The minimum absolute atomic E-state index is 0.0342. The first-order chi connectivity index (χ1) is 8.63. The lowest BCUT2D eigenvalue weighted by Gasteiger charge is -2.32. The van der Waals surface area contributed by atoms with Gasteiger partial charge in [-0.3, -0.25) is 9.69 Å². The van der Waals surface area contributed by atoms with E-state index in [4.69, 9.17) is 9.84 Å². The number of likely N-dealkylation sites (tertiary alicyclic amines) is 1. The Morgan fingerprint density at radius 3 is 2.72 bits per heavy atom. The van der Waals surface area contributed by atoms with Crippen LogP contribution in [0.15, 0.2) is 0 Å². The molecule has 2 heterocycles. The van der Waals surface area contributed by atoms with E-state index in [1.165, 1.54) is 0 Å². The zero-order valence-electron chi connectivity index (χ0n) is 10.4. The molecule has 2 fully saturated rings. The van der Waals surface area contributed by atoms with Crippen molar-refractivity contribution in [3.63, 3.8) is 0 Å². The Hall–Kier alpha value is -1.30. The highest BCUT2D eigenvalue weighted by atomic mass is 16.6. The third-order valence-electron chi connectivity index (χ3n) is 3.68. The number of nitrogens with zero attached hydrogens (tertiary/aromatic N) is 1. The molecule has 2 saturated heterocycles. The van der Waals surface area contributed by atoms with Crippen LogP contribution in [0.4, 0.5) is 4.79 Å². The molecule has 2 N–H and O–H groups in total. The molecule has 102 valence electrons. The summed E-state index contributed by atoms with van der Waals surface area (Å²) in [5.41, 5.74) is 0.